The Kier molecular flexibility index (Phi) is 13.4. The highest BCUT2D eigenvalue weighted by atomic mass is 16.5. The monoisotopic (exact) mass is 1380 g/mol. The minimum absolute atomic E-state index is 0.0000844. The number of nitrogens with one attached hydrogen (secondary N) is 1. The fraction of sp³-hybridized carbons (Fsp3) is 0.436. The Bertz CT molecular complexity index is 5200. The largest absolute Gasteiger partial charge is 0.504 e. The lowest BCUT2D eigenvalue weighted by Crippen LogP contribution is -2.79. The zero-order valence-electron chi connectivity index (χ0n) is 58.9. The number of aromatic hydroxyl groups is 3. The molecule has 0 aromatic heterocycles. The molecule has 4 saturated carbocycles. The zero-order valence-corrected chi connectivity index (χ0v) is 58.9. The highest BCUT2D eigenvalue weighted by molar-refractivity contribution is 5.93. The number of phenols is 3. The Hall–Kier alpha value is -8.45. The number of hydrogen-bond donors (Lipinski definition) is 8. The van der Waals surface area contributed by atoms with E-state index in [0.29, 0.717) is 43.2 Å². The molecule has 8 N–H and O–H groups in total. The standard InChI is InChI=1S/C94H89NO9/c1-104-81-41-63(55(47-96)33-79(81)100)62-38-80(101)86-59-25-29-90-26-11-20-75-60(24-23-53(62)31-50-14-6-3-7-15-50)88(89(86)103)94-72-43-78(99)77(98)40-69(72)70-44-82(94)93-48-92(70)28-10-18-56(92)36-71(93)65-39-76(97)73-37-66(65)85(74(93)45-83(94)95-75)54-22-21-52-17-8-19-58(61(52)32-54)64(42-84(90)102)68-35-57(34-67(59)87(68)90)91(73)27-9-16-51(46-91)30-49-12-4-2-5-13-49/h2-8,12-15,17,19,21-22,25,29,32-37,40-41,43,51,53,56,59-60,62,64-65,70,74-76,82-84,86,88-89,95-100,102-103H,9-10,16,18,20,27-28,30-31,38-39,42,44-48H2,1H3/t51-,53-,56-,59-,60-,62-,64-,65-,70-,74-,75+,76+,82-,83-,84-,86+,88-,89+,90-,91+,92-,93+,94+/m1/s1. The average molecular weight is 1380 g/mol. The number of carbonyl (C=O) groups excluding carboxylic acids is 1. The molecule has 5 spiro atoms. The first kappa shape index (κ1) is 62.9. The molecule has 1 aliphatic heterocycles. The number of hydrogen-bond acceptors (Lipinski definition) is 10. The maximum atomic E-state index is 18.1. The Morgan fingerprint density at radius 2 is 1.53 bits per heavy atom. The summed E-state index contributed by atoms with van der Waals surface area (Å²) in [4.78, 5) is 18.1. The topological polar surface area (TPSA) is 180 Å². The maximum absolute atomic E-state index is 18.1. The number of aliphatic hydroxyl groups excluding tert-OH is 4. The Morgan fingerprint density at radius 3 is 2.36 bits per heavy atom. The van der Waals surface area contributed by atoms with Gasteiger partial charge in [-0.3, -0.25) is 4.79 Å². The molecule has 7 aromatic rings. The van der Waals surface area contributed by atoms with Crippen LogP contribution in [0.5, 0.6) is 23.0 Å². The van der Waals surface area contributed by atoms with Crippen molar-refractivity contribution in [2.24, 2.45) is 64.1 Å². The van der Waals surface area contributed by atoms with Crippen LogP contribution in [-0.4, -0.2) is 79.0 Å². The van der Waals surface area contributed by atoms with Gasteiger partial charge in [-0.2, -0.15) is 0 Å². The number of phenolic OH excluding ortho intramolecular Hbond substituents is 3. The number of rotatable bonds is 7. The first-order valence-corrected chi connectivity index (χ1v) is 39.3. The number of allylic oxidation sites excluding steroid dienone is 6. The van der Waals surface area contributed by atoms with Gasteiger partial charge < -0.3 is 45.8 Å². The second-order valence-electron chi connectivity index (χ2n) is 35.1. The van der Waals surface area contributed by atoms with Crippen LogP contribution in [0.4, 0.5) is 0 Å². The van der Waals surface area contributed by atoms with Gasteiger partial charge in [0.15, 0.2) is 23.0 Å². The van der Waals surface area contributed by atoms with E-state index in [1.165, 1.54) is 35.0 Å². The smallest absolute Gasteiger partial charge is 0.160 e. The van der Waals surface area contributed by atoms with Crippen LogP contribution in [0.15, 0.2) is 174 Å². The van der Waals surface area contributed by atoms with Crippen LogP contribution in [-0.2, 0) is 40.5 Å². The third-order valence-corrected chi connectivity index (χ3v) is 31.4. The quantitative estimate of drug-likeness (QED) is 0.0435. The van der Waals surface area contributed by atoms with Crippen molar-refractivity contribution in [2.45, 2.75) is 180 Å². The summed E-state index contributed by atoms with van der Waals surface area (Å²) in [5, 5.41) is 99.2. The number of carbonyl (C=O) groups is 1. The van der Waals surface area contributed by atoms with E-state index in [4.69, 9.17) is 4.74 Å². The molecule has 0 radical (unpaired) electrons. The molecular formula is C94H89NO9. The summed E-state index contributed by atoms with van der Waals surface area (Å²) in [7, 11) is 1.52. The summed E-state index contributed by atoms with van der Waals surface area (Å²) in [6.07, 6.45) is 18.0. The molecule has 23 atom stereocenters. The van der Waals surface area contributed by atoms with Crippen LogP contribution in [0.2, 0.25) is 0 Å². The molecule has 14 aliphatic carbocycles. The molecule has 104 heavy (non-hydrogen) atoms. The second-order valence-corrected chi connectivity index (χ2v) is 35.1. The maximum Gasteiger partial charge on any atom is 0.160 e. The molecule has 15 aliphatic rings. The second kappa shape index (κ2) is 22.1. The van der Waals surface area contributed by atoms with Gasteiger partial charge in [0.25, 0.3) is 0 Å². The predicted octanol–water partition coefficient (Wildman–Crippen LogP) is 14.8. The minimum atomic E-state index is -1.40. The molecule has 5 fully saturated rings. The van der Waals surface area contributed by atoms with Gasteiger partial charge in [0.2, 0.25) is 0 Å². The van der Waals surface area contributed by atoms with E-state index in [9.17, 15) is 30.6 Å². The fourth-order valence-electron chi connectivity index (χ4n) is 27.8. The first-order chi connectivity index (χ1) is 50.7. The van der Waals surface area contributed by atoms with Crippen LogP contribution in [0.1, 0.15) is 180 Å². The zero-order chi connectivity index (χ0) is 69.8. The van der Waals surface area contributed by atoms with Gasteiger partial charge in [0.1, 0.15) is 11.2 Å². The number of methoxy groups -OCH3 is 1. The number of fused-ring (bicyclic) bond motifs is 12. The normalized spacial score (nSPS) is 39.5. The van der Waals surface area contributed by atoms with Crippen LogP contribution >= 0.6 is 0 Å². The molecule has 10 heteroatoms. The highest BCUT2D eigenvalue weighted by Crippen LogP contribution is 2.84. The van der Waals surface area contributed by atoms with E-state index in [1.807, 2.05) is 30.3 Å². The average Bonchev–Trinajstić information content (AvgIpc) is 0.883. The molecule has 1 heterocycles. The Balaban J connectivity index is 0.930. The number of piperidine rings is 1. The molecule has 16 bridgehead atoms. The molecule has 22 rings (SSSR count). The molecular weight excluding hydrogens is 1290 g/mol. The number of ketones is 1. The van der Waals surface area contributed by atoms with E-state index in [-0.39, 0.29) is 82.0 Å². The first-order valence-electron chi connectivity index (χ1n) is 39.3. The van der Waals surface area contributed by atoms with E-state index in [1.54, 1.807) is 12.1 Å². The Labute approximate surface area is 608 Å². The minimum Gasteiger partial charge on any atom is -0.504 e. The number of aliphatic hydroxyl groups is 4. The van der Waals surface area contributed by atoms with Crippen molar-refractivity contribution in [3.8, 4) is 46.7 Å². The number of Topliss-reactive ketones (excluding diaryl/α,β-unsaturated/α-hetero) is 1. The third kappa shape index (κ3) is 8.05. The lowest BCUT2D eigenvalue weighted by Gasteiger charge is -2.78. The summed E-state index contributed by atoms with van der Waals surface area (Å²) < 4.78 is 5.94. The van der Waals surface area contributed by atoms with E-state index in [2.05, 4.69) is 144 Å². The van der Waals surface area contributed by atoms with Gasteiger partial charge in [-0.25, -0.2) is 0 Å². The molecule has 0 amide bonds. The SMILES string of the molecule is COc1cc([C@@H]2CC(=O)[C@H]3[C@H](O)[C@H]4[C@H](C#C[C@@H]2Cc2ccccc2)[C@@H]2CC#C[C@]56C=C[C@@H]3c3cc7cc(c35)[C@H](C[C@H]6O)c3cccc5ccc(cc35)C3=C5C=C([C@@H](O)C[C@H]5C5=C[C@H]6CCC[C@@]68C[C@@]56[C@@H]3C[C@@H](N2)[C@@]42c3cc(O)c(O)cc3[C@H]8C[C@H]62)[C@]72CCC[C@H](Cc3ccccc3)C2)c(CO)cc1O. The van der Waals surface area contributed by atoms with Crippen LogP contribution < -0.4 is 10.1 Å². The molecule has 524 valence electrons. The number of ether oxygens (including phenoxy) is 1. The van der Waals surface area contributed by atoms with Crippen molar-refractivity contribution in [1.29, 1.82) is 0 Å². The van der Waals surface area contributed by atoms with Gasteiger partial charge in [-0.1, -0.05) is 170 Å². The predicted molar refractivity (Wildman–Crippen MR) is 399 cm³/mol. The molecule has 0 unspecified atom stereocenters. The lowest BCUT2D eigenvalue weighted by atomic mass is 9.27. The highest BCUT2D eigenvalue weighted by Gasteiger charge is 2.79. The lowest BCUT2D eigenvalue weighted by molar-refractivity contribution is -0.184. The van der Waals surface area contributed by atoms with Crippen LogP contribution in [0, 0.1) is 87.8 Å². The van der Waals surface area contributed by atoms with Crippen LogP contribution in [0.3, 0.4) is 0 Å². The van der Waals surface area contributed by atoms with Crippen LogP contribution in [0.25, 0.3) is 16.3 Å². The third-order valence-electron chi connectivity index (χ3n) is 31.4. The van der Waals surface area contributed by atoms with Crippen molar-refractivity contribution < 1.29 is 45.3 Å². The van der Waals surface area contributed by atoms with Crippen molar-refractivity contribution in [3.05, 3.63) is 241 Å². The van der Waals surface area contributed by atoms with Crippen molar-refractivity contribution in [2.75, 3.05) is 7.11 Å². The van der Waals surface area contributed by atoms with E-state index >= 15 is 9.90 Å². The van der Waals surface area contributed by atoms with Gasteiger partial charge in [-0.15, -0.1) is 5.92 Å². The van der Waals surface area contributed by atoms with Gasteiger partial charge >= 0.3 is 0 Å². The van der Waals surface area contributed by atoms with Gasteiger partial charge in [0.05, 0.1) is 37.9 Å². The summed E-state index contributed by atoms with van der Waals surface area (Å²) in [6.45, 7) is -0.425. The van der Waals surface area contributed by atoms with Gasteiger partial charge in [-0.05, 0) is 230 Å². The van der Waals surface area contributed by atoms with Crippen molar-refractivity contribution in [1.82, 2.24) is 5.32 Å². The molecule has 10 nitrogen and oxygen atoms in total. The summed E-state index contributed by atoms with van der Waals surface area (Å²) in [5.41, 5.74) is 13.2. The molecule has 1 saturated heterocycles. The van der Waals surface area contributed by atoms with Crippen molar-refractivity contribution >= 4 is 22.1 Å². The van der Waals surface area contributed by atoms with E-state index in [0.717, 1.165) is 125 Å². The summed E-state index contributed by atoms with van der Waals surface area (Å²) >= 11 is 0. The number of benzene rings is 7. The van der Waals surface area contributed by atoms with Gasteiger partial charge in [0, 0.05) is 82.6 Å². The van der Waals surface area contributed by atoms with Crippen molar-refractivity contribution in [3.63, 3.8) is 0 Å². The Morgan fingerprint density at radius 1 is 0.721 bits per heavy atom. The fourth-order valence-corrected chi connectivity index (χ4v) is 27.8. The molecule has 7 aromatic carbocycles. The summed E-state index contributed by atoms with van der Waals surface area (Å²) in [5.74, 6) is 10.8. The summed E-state index contributed by atoms with van der Waals surface area (Å²) in [6, 6.07) is 46.6. The van der Waals surface area contributed by atoms with E-state index < -0.39 is 94.2 Å².